The molecular formula is C11H16N4. The molecule has 0 saturated heterocycles. The molecule has 0 aliphatic heterocycles. The molecule has 0 fully saturated rings. The van der Waals surface area contributed by atoms with Crippen molar-refractivity contribution in [2.24, 2.45) is 0 Å². The van der Waals surface area contributed by atoms with Gasteiger partial charge in [0.15, 0.2) is 0 Å². The van der Waals surface area contributed by atoms with Gasteiger partial charge in [0.25, 0.3) is 0 Å². The van der Waals surface area contributed by atoms with E-state index >= 15 is 0 Å². The summed E-state index contributed by atoms with van der Waals surface area (Å²) in [7, 11) is 0. The predicted octanol–water partition coefficient (Wildman–Crippen LogP) is 1.82. The third kappa shape index (κ3) is 1.93. The van der Waals surface area contributed by atoms with Gasteiger partial charge < -0.3 is 0 Å². The summed E-state index contributed by atoms with van der Waals surface area (Å²) in [5.41, 5.74) is 4.59. The lowest BCUT2D eigenvalue weighted by atomic mass is 10.3. The van der Waals surface area contributed by atoms with Crippen LogP contribution in [0.25, 0.3) is 0 Å². The van der Waals surface area contributed by atoms with Gasteiger partial charge in [0.1, 0.15) is 6.67 Å². The zero-order chi connectivity index (χ0) is 11.0. The van der Waals surface area contributed by atoms with E-state index in [2.05, 4.69) is 24.0 Å². The van der Waals surface area contributed by atoms with Gasteiger partial charge in [0.2, 0.25) is 0 Å². The molecule has 2 heterocycles. The number of hydrogen-bond donors (Lipinski definition) is 0. The molecule has 0 aromatic carbocycles. The fourth-order valence-corrected chi connectivity index (χ4v) is 1.53. The summed E-state index contributed by atoms with van der Waals surface area (Å²) in [6.45, 7) is 8.86. The van der Waals surface area contributed by atoms with E-state index in [1.54, 1.807) is 0 Å². The van der Waals surface area contributed by atoms with Gasteiger partial charge in [-0.25, -0.2) is 0 Å². The zero-order valence-electron chi connectivity index (χ0n) is 9.65. The van der Waals surface area contributed by atoms with Crippen LogP contribution in [0.15, 0.2) is 12.4 Å². The molecular weight excluding hydrogens is 188 g/mol. The van der Waals surface area contributed by atoms with Crippen molar-refractivity contribution in [3.63, 3.8) is 0 Å². The minimum Gasteiger partial charge on any atom is -0.251 e. The first-order chi connectivity index (χ1) is 7.06. The van der Waals surface area contributed by atoms with Crippen LogP contribution in [0.5, 0.6) is 0 Å². The molecule has 15 heavy (non-hydrogen) atoms. The smallest absolute Gasteiger partial charge is 0.133 e. The highest BCUT2D eigenvalue weighted by atomic mass is 15.4. The van der Waals surface area contributed by atoms with Gasteiger partial charge in [0, 0.05) is 12.4 Å². The number of rotatable bonds is 2. The van der Waals surface area contributed by atoms with Crippen LogP contribution < -0.4 is 0 Å². The molecule has 0 unspecified atom stereocenters. The lowest BCUT2D eigenvalue weighted by Gasteiger charge is -2.00. The fourth-order valence-electron chi connectivity index (χ4n) is 1.53. The van der Waals surface area contributed by atoms with E-state index in [0.29, 0.717) is 6.67 Å². The molecule has 0 aliphatic rings. The van der Waals surface area contributed by atoms with E-state index in [1.807, 2.05) is 35.6 Å². The Morgan fingerprint density at radius 2 is 1.27 bits per heavy atom. The third-order valence-corrected chi connectivity index (χ3v) is 2.67. The van der Waals surface area contributed by atoms with Gasteiger partial charge in [0.05, 0.1) is 11.4 Å². The maximum absolute atomic E-state index is 4.40. The Morgan fingerprint density at radius 3 is 1.53 bits per heavy atom. The van der Waals surface area contributed by atoms with Crippen LogP contribution in [-0.2, 0) is 6.67 Å². The normalized spacial score (nSPS) is 10.9. The highest BCUT2D eigenvalue weighted by molar-refractivity contribution is 5.13. The van der Waals surface area contributed by atoms with E-state index in [4.69, 9.17) is 0 Å². The second-order valence-corrected chi connectivity index (χ2v) is 4.02. The number of hydrogen-bond acceptors (Lipinski definition) is 2. The van der Waals surface area contributed by atoms with Crippen LogP contribution in [0.2, 0.25) is 0 Å². The monoisotopic (exact) mass is 204 g/mol. The lowest BCUT2D eigenvalue weighted by molar-refractivity contribution is 0.498. The predicted molar refractivity (Wildman–Crippen MR) is 58.8 cm³/mol. The van der Waals surface area contributed by atoms with Gasteiger partial charge in [-0.1, -0.05) is 0 Å². The quantitative estimate of drug-likeness (QED) is 0.748. The summed E-state index contributed by atoms with van der Waals surface area (Å²) in [5, 5.41) is 8.80. The first-order valence-electron chi connectivity index (χ1n) is 5.07. The highest BCUT2D eigenvalue weighted by Gasteiger charge is 2.03. The summed E-state index contributed by atoms with van der Waals surface area (Å²) >= 11 is 0. The largest absolute Gasteiger partial charge is 0.251 e. The molecule has 2 rings (SSSR count). The van der Waals surface area contributed by atoms with E-state index in [1.165, 1.54) is 11.1 Å². The molecule has 0 amide bonds. The van der Waals surface area contributed by atoms with Crippen LogP contribution in [0.3, 0.4) is 0 Å². The first kappa shape index (κ1) is 9.96. The second-order valence-electron chi connectivity index (χ2n) is 4.02. The Morgan fingerprint density at radius 1 is 0.867 bits per heavy atom. The average Bonchev–Trinajstić information content (AvgIpc) is 2.59. The summed E-state index contributed by atoms with van der Waals surface area (Å²) in [6, 6.07) is 0. The van der Waals surface area contributed by atoms with Crippen molar-refractivity contribution in [2.75, 3.05) is 0 Å². The maximum Gasteiger partial charge on any atom is 0.133 e. The first-order valence-corrected chi connectivity index (χ1v) is 5.07. The molecule has 0 spiro atoms. The lowest BCUT2D eigenvalue weighted by Crippen LogP contribution is -2.09. The molecule has 0 bridgehead atoms. The molecule has 2 aromatic rings. The number of aromatic nitrogens is 4. The molecule has 0 N–H and O–H groups in total. The van der Waals surface area contributed by atoms with Crippen molar-refractivity contribution in [2.45, 2.75) is 34.4 Å². The van der Waals surface area contributed by atoms with Gasteiger partial charge in [-0.2, -0.15) is 10.2 Å². The van der Waals surface area contributed by atoms with E-state index in [9.17, 15) is 0 Å². The third-order valence-electron chi connectivity index (χ3n) is 2.67. The van der Waals surface area contributed by atoms with Gasteiger partial charge in [-0.15, -0.1) is 0 Å². The van der Waals surface area contributed by atoms with Crippen LogP contribution in [0, 0.1) is 27.7 Å². The standard InChI is InChI=1S/C11H16N4/c1-8-5-14(12-10(8)3)7-15-6-9(2)11(4)13-15/h5-6H,7H2,1-4H3. The molecule has 80 valence electrons. The molecule has 4 nitrogen and oxygen atoms in total. The maximum atomic E-state index is 4.40. The second kappa shape index (κ2) is 3.53. The van der Waals surface area contributed by atoms with Crippen molar-refractivity contribution in [3.8, 4) is 0 Å². The van der Waals surface area contributed by atoms with Crippen molar-refractivity contribution < 1.29 is 0 Å². The topological polar surface area (TPSA) is 35.6 Å². The highest BCUT2D eigenvalue weighted by Crippen LogP contribution is 2.05. The molecule has 0 saturated carbocycles. The summed E-state index contributed by atoms with van der Waals surface area (Å²) < 4.78 is 3.83. The van der Waals surface area contributed by atoms with Gasteiger partial charge >= 0.3 is 0 Å². The summed E-state index contributed by atoms with van der Waals surface area (Å²) in [6.07, 6.45) is 4.09. The minimum atomic E-state index is 0.684. The van der Waals surface area contributed by atoms with E-state index in [0.717, 1.165) is 11.4 Å². The zero-order valence-corrected chi connectivity index (χ0v) is 9.65. The number of nitrogens with zero attached hydrogens (tertiary/aromatic N) is 4. The van der Waals surface area contributed by atoms with Crippen molar-refractivity contribution in [1.82, 2.24) is 19.6 Å². The Kier molecular flexibility index (Phi) is 2.34. The van der Waals surface area contributed by atoms with Crippen LogP contribution >= 0.6 is 0 Å². The van der Waals surface area contributed by atoms with Crippen LogP contribution in [0.1, 0.15) is 22.5 Å². The van der Waals surface area contributed by atoms with Crippen LogP contribution in [0.4, 0.5) is 0 Å². The fraction of sp³-hybridized carbons (Fsp3) is 0.455. The Bertz CT molecular complexity index is 395. The molecule has 0 atom stereocenters. The van der Waals surface area contributed by atoms with Crippen molar-refractivity contribution in [1.29, 1.82) is 0 Å². The molecule has 4 heteroatoms. The summed E-state index contributed by atoms with van der Waals surface area (Å²) in [4.78, 5) is 0. The van der Waals surface area contributed by atoms with Crippen molar-refractivity contribution >= 4 is 0 Å². The van der Waals surface area contributed by atoms with Gasteiger partial charge in [-0.05, 0) is 38.8 Å². The van der Waals surface area contributed by atoms with Crippen LogP contribution in [-0.4, -0.2) is 19.6 Å². The number of aryl methyl sites for hydroxylation is 4. The average molecular weight is 204 g/mol. The Labute approximate surface area is 89.5 Å². The molecule has 0 aliphatic carbocycles. The SMILES string of the molecule is Cc1cn(Cn2cc(C)c(C)n2)nc1C. The summed E-state index contributed by atoms with van der Waals surface area (Å²) in [5.74, 6) is 0. The molecule has 2 aromatic heterocycles. The van der Waals surface area contributed by atoms with Gasteiger partial charge in [-0.3, -0.25) is 9.36 Å². The van der Waals surface area contributed by atoms with Crippen molar-refractivity contribution in [3.05, 3.63) is 34.9 Å². The molecule has 0 radical (unpaired) electrons. The van der Waals surface area contributed by atoms with E-state index in [-0.39, 0.29) is 0 Å². The minimum absolute atomic E-state index is 0.684. The van der Waals surface area contributed by atoms with E-state index < -0.39 is 0 Å². The Hall–Kier alpha value is -1.58. The Balaban J connectivity index is 2.21.